The maximum Gasteiger partial charge on any atom is 0.223 e. The molecule has 1 N–H and O–H groups in total. The van der Waals surface area contributed by atoms with Gasteiger partial charge in [0.05, 0.1) is 6.54 Å². The van der Waals surface area contributed by atoms with Crippen LogP contribution in [0.4, 0.5) is 0 Å². The number of benzene rings is 1. The molecule has 1 aliphatic rings. The Balaban J connectivity index is 1.61. The minimum atomic E-state index is 0.151. The monoisotopic (exact) mass is 333 g/mol. The second kappa shape index (κ2) is 5.83. The molecular formula is C16H16BrNO2. The highest BCUT2D eigenvalue weighted by Gasteiger charge is 2.24. The second-order valence-corrected chi connectivity index (χ2v) is 6.03. The summed E-state index contributed by atoms with van der Waals surface area (Å²) in [5.74, 6) is 1.98. The topological polar surface area (TPSA) is 42.2 Å². The van der Waals surface area contributed by atoms with Crippen LogP contribution in [0.25, 0.3) is 11.3 Å². The SMILES string of the molecule is O=C(NCc1ccc(-c2ccc(Br)cc2)o1)C1CCC1. The van der Waals surface area contributed by atoms with Gasteiger partial charge in [-0.25, -0.2) is 0 Å². The Hall–Kier alpha value is -1.55. The summed E-state index contributed by atoms with van der Waals surface area (Å²) in [5, 5.41) is 2.93. The van der Waals surface area contributed by atoms with Crippen LogP contribution in [0.3, 0.4) is 0 Å². The lowest BCUT2D eigenvalue weighted by Gasteiger charge is -2.23. The van der Waals surface area contributed by atoms with Gasteiger partial charge in [-0.15, -0.1) is 0 Å². The van der Waals surface area contributed by atoms with Crippen LogP contribution in [-0.2, 0) is 11.3 Å². The predicted molar refractivity (Wildman–Crippen MR) is 81.0 cm³/mol. The molecular weight excluding hydrogens is 318 g/mol. The van der Waals surface area contributed by atoms with Crippen LogP contribution in [0.2, 0.25) is 0 Å². The van der Waals surface area contributed by atoms with Crippen molar-refractivity contribution in [1.29, 1.82) is 0 Å². The number of carbonyl (C=O) groups is 1. The first-order valence-electron chi connectivity index (χ1n) is 6.85. The number of rotatable bonds is 4. The summed E-state index contributed by atoms with van der Waals surface area (Å²) in [6.07, 6.45) is 3.22. The van der Waals surface area contributed by atoms with Gasteiger partial charge in [-0.05, 0) is 37.1 Å². The van der Waals surface area contributed by atoms with Gasteiger partial charge in [-0.3, -0.25) is 4.79 Å². The zero-order valence-corrected chi connectivity index (χ0v) is 12.7. The van der Waals surface area contributed by atoms with Gasteiger partial charge in [-0.1, -0.05) is 34.5 Å². The summed E-state index contributed by atoms with van der Waals surface area (Å²) in [7, 11) is 0. The van der Waals surface area contributed by atoms with Crippen LogP contribution in [0.15, 0.2) is 45.3 Å². The molecule has 1 saturated carbocycles. The van der Waals surface area contributed by atoms with Gasteiger partial charge in [0.1, 0.15) is 11.5 Å². The molecule has 20 heavy (non-hydrogen) atoms. The Bertz CT molecular complexity index is 599. The highest BCUT2D eigenvalue weighted by molar-refractivity contribution is 9.10. The number of carbonyl (C=O) groups excluding carboxylic acids is 1. The molecule has 0 unspecified atom stereocenters. The van der Waals surface area contributed by atoms with E-state index in [-0.39, 0.29) is 11.8 Å². The lowest BCUT2D eigenvalue weighted by molar-refractivity contribution is -0.127. The second-order valence-electron chi connectivity index (χ2n) is 5.12. The molecule has 0 radical (unpaired) electrons. The van der Waals surface area contributed by atoms with Crippen LogP contribution < -0.4 is 5.32 Å². The summed E-state index contributed by atoms with van der Waals surface area (Å²) >= 11 is 3.41. The van der Waals surface area contributed by atoms with Gasteiger partial charge >= 0.3 is 0 Å². The van der Waals surface area contributed by atoms with E-state index < -0.39 is 0 Å². The minimum Gasteiger partial charge on any atom is -0.459 e. The molecule has 0 saturated heterocycles. The Labute approximate surface area is 126 Å². The molecule has 4 heteroatoms. The third-order valence-corrected chi connectivity index (χ3v) is 4.23. The van der Waals surface area contributed by atoms with Crippen molar-refractivity contribution in [3.63, 3.8) is 0 Å². The molecule has 0 atom stereocenters. The number of nitrogens with one attached hydrogen (secondary N) is 1. The van der Waals surface area contributed by atoms with Crippen molar-refractivity contribution in [3.8, 4) is 11.3 Å². The van der Waals surface area contributed by atoms with Crippen molar-refractivity contribution >= 4 is 21.8 Å². The van der Waals surface area contributed by atoms with Crippen LogP contribution in [0.1, 0.15) is 25.0 Å². The molecule has 2 aromatic rings. The normalized spacial score (nSPS) is 14.8. The summed E-state index contributed by atoms with van der Waals surface area (Å²) in [4.78, 5) is 11.8. The van der Waals surface area contributed by atoms with E-state index in [1.165, 1.54) is 6.42 Å². The highest BCUT2D eigenvalue weighted by atomic mass is 79.9. The van der Waals surface area contributed by atoms with E-state index >= 15 is 0 Å². The van der Waals surface area contributed by atoms with E-state index in [0.29, 0.717) is 6.54 Å². The van der Waals surface area contributed by atoms with E-state index in [1.54, 1.807) is 0 Å². The molecule has 0 bridgehead atoms. The van der Waals surface area contributed by atoms with Crippen LogP contribution >= 0.6 is 15.9 Å². The van der Waals surface area contributed by atoms with Gasteiger partial charge in [0, 0.05) is 16.0 Å². The number of amides is 1. The van der Waals surface area contributed by atoms with Crippen molar-refractivity contribution in [2.45, 2.75) is 25.8 Å². The molecule has 3 rings (SSSR count). The lowest BCUT2D eigenvalue weighted by atomic mass is 9.85. The van der Waals surface area contributed by atoms with Gasteiger partial charge < -0.3 is 9.73 Å². The molecule has 0 aliphatic heterocycles. The quantitative estimate of drug-likeness (QED) is 0.914. The first kappa shape index (κ1) is 13.4. The number of furan rings is 1. The fourth-order valence-electron chi connectivity index (χ4n) is 2.23. The summed E-state index contributed by atoms with van der Waals surface area (Å²) < 4.78 is 6.80. The molecule has 1 heterocycles. The van der Waals surface area contributed by atoms with Gasteiger partial charge in [0.15, 0.2) is 0 Å². The van der Waals surface area contributed by atoms with Crippen molar-refractivity contribution in [3.05, 3.63) is 46.6 Å². The van der Waals surface area contributed by atoms with E-state index in [9.17, 15) is 4.79 Å². The third kappa shape index (κ3) is 2.96. The Morgan fingerprint density at radius 1 is 1.20 bits per heavy atom. The maximum absolute atomic E-state index is 11.8. The zero-order chi connectivity index (χ0) is 13.9. The summed E-state index contributed by atoms with van der Waals surface area (Å²) in [6.45, 7) is 0.464. The minimum absolute atomic E-state index is 0.151. The fraction of sp³-hybridized carbons (Fsp3) is 0.312. The van der Waals surface area contributed by atoms with Gasteiger partial charge in [0.2, 0.25) is 5.91 Å². The van der Waals surface area contributed by atoms with Crippen molar-refractivity contribution < 1.29 is 9.21 Å². The van der Waals surface area contributed by atoms with Crippen LogP contribution in [0.5, 0.6) is 0 Å². The molecule has 1 aliphatic carbocycles. The molecule has 1 fully saturated rings. The Morgan fingerprint density at radius 3 is 2.60 bits per heavy atom. The maximum atomic E-state index is 11.8. The molecule has 1 amide bonds. The first-order chi connectivity index (χ1) is 9.72. The molecule has 3 nitrogen and oxygen atoms in total. The van der Waals surface area contributed by atoms with E-state index in [1.807, 2.05) is 36.4 Å². The third-order valence-electron chi connectivity index (χ3n) is 3.70. The number of hydrogen-bond acceptors (Lipinski definition) is 2. The molecule has 104 valence electrons. The summed E-state index contributed by atoms with van der Waals surface area (Å²) in [6, 6.07) is 11.8. The highest BCUT2D eigenvalue weighted by Crippen LogP contribution is 2.27. The van der Waals surface area contributed by atoms with Crippen molar-refractivity contribution in [2.24, 2.45) is 5.92 Å². The molecule has 0 spiro atoms. The Morgan fingerprint density at radius 2 is 1.95 bits per heavy atom. The average molecular weight is 334 g/mol. The standard InChI is InChI=1S/C16H16BrNO2/c17-13-6-4-11(5-7-13)15-9-8-14(20-15)10-18-16(19)12-2-1-3-12/h4-9,12H,1-3,10H2,(H,18,19). The zero-order valence-electron chi connectivity index (χ0n) is 11.1. The van der Waals surface area contributed by atoms with E-state index in [0.717, 1.165) is 34.4 Å². The number of hydrogen-bond donors (Lipinski definition) is 1. The van der Waals surface area contributed by atoms with E-state index in [4.69, 9.17) is 4.42 Å². The van der Waals surface area contributed by atoms with Crippen LogP contribution in [0, 0.1) is 5.92 Å². The largest absolute Gasteiger partial charge is 0.459 e. The smallest absolute Gasteiger partial charge is 0.223 e. The van der Waals surface area contributed by atoms with Crippen LogP contribution in [-0.4, -0.2) is 5.91 Å². The number of halogens is 1. The predicted octanol–water partition coefficient (Wildman–Crippen LogP) is 4.13. The lowest BCUT2D eigenvalue weighted by Crippen LogP contribution is -2.33. The molecule has 1 aromatic carbocycles. The fourth-order valence-corrected chi connectivity index (χ4v) is 2.50. The van der Waals surface area contributed by atoms with Crippen molar-refractivity contribution in [1.82, 2.24) is 5.32 Å². The van der Waals surface area contributed by atoms with Gasteiger partial charge in [-0.2, -0.15) is 0 Å². The van der Waals surface area contributed by atoms with Crippen molar-refractivity contribution in [2.75, 3.05) is 0 Å². The first-order valence-corrected chi connectivity index (χ1v) is 7.64. The van der Waals surface area contributed by atoms with Gasteiger partial charge in [0.25, 0.3) is 0 Å². The molecule has 1 aromatic heterocycles. The summed E-state index contributed by atoms with van der Waals surface area (Å²) in [5.41, 5.74) is 1.03. The van der Waals surface area contributed by atoms with E-state index in [2.05, 4.69) is 21.2 Å². The average Bonchev–Trinajstić information content (AvgIpc) is 2.84. The Kier molecular flexibility index (Phi) is 3.92.